The molecule has 2 aromatic heterocycles. The number of ketones is 1. The molecular formula is C20H16FN3OS. The van der Waals surface area contributed by atoms with E-state index in [0.29, 0.717) is 26.8 Å². The van der Waals surface area contributed by atoms with Crippen LogP contribution in [0.5, 0.6) is 0 Å². The molecule has 26 heavy (non-hydrogen) atoms. The summed E-state index contributed by atoms with van der Waals surface area (Å²) in [5, 5.41) is 9.57. The fourth-order valence-electron chi connectivity index (χ4n) is 2.61. The molecule has 3 aromatic rings. The average molecular weight is 365 g/mol. The van der Waals surface area contributed by atoms with Crippen LogP contribution in [0.1, 0.15) is 32.3 Å². The highest BCUT2D eigenvalue weighted by Crippen LogP contribution is 2.30. The lowest BCUT2D eigenvalue weighted by Crippen LogP contribution is -1.94. The van der Waals surface area contributed by atoms with E-state index in [9.17, 15) is 9.18 Å². The van der Waals surface area contributed by atoms with Crippen LogP contribution in [0.15, 0.2) is 36.4 Å². The first-order chi connectivity index (χ1) is 12.4. The van der Waals surface area contributed by atoms with Crippen molar-refractivity contribution in [1.29, 1.82) is 5.26 Å². The number of thiazole rings is 1. The lowest BCUT2D eigenvalue weighted by molar-refractivity contribution is 0.105. The summed E-state index contributed by atoms with van der Waals surface area (Å²) in [5.41, 5.74) is 3.21. The number of nitriles is 1. The third-order valence-corrected chi connectivity index (χ3v) is 5.43. The number of rotatable bonds is 4. The number of aromatic nitrogens is 2. The molecule has 4 nitrogen and oxygen atoms in total. The molecule has 0 N–H and O–H groups in total. The highest BCUT2D eigenvalue weighted by molar-refractivity contribution is 7.17. The summed E-state index contributed by atoms with van der Waals surface area (Å²) in [6.45, 7) is 3.63. The molecule has 0 atom stereocenters. The number of carbonyl (C=O) groups excluding carboxylic acids is 1. The van der Waals surface area contributed by atoms with Gasteiger partial charge in [-0.15, -0.1) is 11.3 Å². The molecule has 0 amide bonds. The van der Waals surface area contributed by atoms with Crippen LogP contribution in [0.2, 0.25) is 0 Å². The first-order valence-electron chi connectivity index (χ1n) is 7.93. The zero-order valence-corrected chi connectivity index (χ0v) is 15.4. The smallest absolute Gasteiger partial charge is 0.197 e. The van der Waals surface area contributed by atoms with Gasteiger partial charge in [0.25, 0.3) is 0 Å². The summed E-state index contributed by atoms with van der Waals surface area (Å²) < 4.78 is 15.7. The molecule has 1 aromatic carbocycles. The van der Waals surface area contributed by atoms with E-state index in [-0.39, 0.29) is 11.6 Å². The van der Waals surface area contributed by atoms with Crippen molar-refractivity contribution in [1.82, 2.24) is 9.55 Å². The van der Waals surface area contributed by atoms with Gasteiger partial charge in [-0.2, -0.15) is 5.26 Å². The van der Waals surface area contributed by atoms with Gasteiger partial charge >= 0.3 is 0 Å². The lowest BCUT2D eigenvalue weighted by atomic mass is 10.2. The zero-order valence-electron chi connectivity index (χ0n) is 14.6. The number of hydrogen-bond acceptors (Lipinski definition) is 4. The van der Waals surface area contributed by atoms with Crippen molar-refractivity contribution < 1.29 is 9.18 Å². The van der Waals surface area contributed by atoms with Gasteiger partial charge in [0.1, 0.15) is 22.6 Å². The normalized spacial score (nSPS) is 11.0. The Labute approximate surface area is 154 Å². The maximum atomic E-state index is 13.9. The van der Waals surface area contributed by atoms with E-state index in [1.54, 1.807) is 48.9 Å². The number of benzene rings is 1. The zero-order chi connectivity index (χ0) is 18.8. The standard InChI is InChI=1S/C20H16FN3OS/c1-12-19(26-20(23-12)16-6-4-5-7-17(16)21)18(25)9-8-14-10-15(11-22)24(3)13(14)2/h4-10H,1-3H3/b9-8+. The summed E-state index contributed by atoms with van der Waals surface area (Å²) in [7, 11) is 1.81. The molecule has 3 rings (SSSR count). The van der Waals surface area contributed by atoms with E-state index in [1.807, 2.05) is 6.92 Å². The SMILES string of the molecule is Cc1nc(-c2ccccc2F)sc1C(=O)/C=C/c1cc(C#N)n(C)c1C. The van der Waals surface area contributed by atoms with Gasteiger partial charge in [0.05, 0.1) is 10.6 Å². The molecule has 0 spiro atoms. The molecule has 0 saturated carbocycles. The highest BCUT2D eigenvalue weighted by atomic mass is 32.1. The van der Waals surface area contributed by atoms with E-state index in [1.165, 1.54) is 23.5 Å². The number of halogens is 1. The van der Waals surface area contributed by atoms with Crippen molar-refractivity contribution in [2.75, 3.05) is 0 Å². The monoisotopic (exact) mass is 365 g/mol. The summed E-state index contributed by atoms with van der Waals surface area (Å²) in [6.07, 6.45) is 3.16. The number of carbonyl (C=O) groups is 1. The molecule has 0 aliphatic heterocycles. The highest BCUT2D eigenvalue weighted by Gasteiger charge is 2.16. The van der Waals surface area contributed by atoms with Gasteiger partial charge < -0.3 is 4.57 Å². The van der Waals surface area contributed by atoms with Crippen LogP contribution in [-0.2, 0) is 7.05 Å². The first-order valence-corrected chi connectivity index (χ1v) is 8.75. The maximum absolute atomic E-state index is 13.9. The third-order valence-electron chi connectivity index (χ3n) is 4.23. The fourth-order valence-corrected chi connectivity index (χ4v) is 3.63. The van der Waals surface area contributed by atoms with Gasteiger partial charge in [-0.05, 0) is 49.8 Å². The first kappa shape index (κ1) is 17.8. The minimum atomic E-state index is -0.361. The largest absolute Gasteiger partial charge is 0.339 e. The predicted molar refractivity (Wildman–Crippen MR) is 100 cm³/mol. The summed E-state index contributed by atoms with van der Waals surface area (Å²) in [4.78, 5) is 17.4. The predicted octanol–water partition coefficient (Wildman–Crippen LogP) is 4.67. The van der Waals surface area contributed by atoms with Crippen molar-refractivity contribution in [3.05, 3.63) is 69.7 Å². The molecular weight excluding hydrogens is 349 g/mol. The quantitative estimate of drug-likeness (QED) is 0.498. The van der Waals surface area contributed by atoms with Gasteiger partial charge in [-0.1, -0.05) is 12.1 Å². The van der Waals surface area contributed by atoms with Gasteiger partial charge in [-0.25, -0.2) is 9.37 Å². The van der Waals surface area contributed by atoms with Crippen LogP contribution >= 0.6 is 11.3 Å². The molecule has 0 unspecified atom stereocenters. The Morgan fingerprint density at radius 1 is 1.35 bits per heavy atom. The fraction of sp³-hybridized carbons (Fsp3) is 0.150. The third kappa shape index (κ3) is 3.22. The van der Waals surface area contributed by atoms with Crippen LogP contribution in [0.3, 0.4) is 0 Å². The molecule has 6 heteroatoms. The lowest BCUT2D eigenvalue weighted by Gasteiger charge is -1.97. The Hall–Kier alpha value is -3.04. The Balaban J connectivity index is 1.90. The maximum Gasteiger partial charge on any atom is 0.197 e. The van der Waals surface area contributed by atoms with E-state index in [0.717, 1.165) is 11.3 Å². The number of hydrogen-bond donors (Lipinski definition) is 0. The molecule has 2 heterocycles. The van der Waals surface area contributed by atoms with Crippen LogP contribution in [0, 0.1) is 31.0 Å². The molecule has 0 fully saturated rings. The minimum absolute atomic E-state index is 0.190. The van der Waals surface area contributed by atoms with E-state index < -0.39 is 0 Å². The Morgan fingerprint density at radius 2 is 2.08 bits per heavy atom. The molecule has 0 aliphatic rings. The van der Waals surface area contributed by atoms with Crippen molar-refractivity contribution in [3.63, 3.8) is 0 Å². The topological polar surface area (TPSA) is 58.7 Å². The Kier molecular flexibility index (Phi) is 4.83. The minimum Gasteiger partial charge on any atom is -0.339 e. The number of allylic oxidation sites excluding steroid dienone is 1. The number of nitrogens with zero attached hydrogens (tertiary/aromatic N) is 3. The van der Waals surface area contributed by atoms with Crippen molar-refractivity contribution >= 4 is 23.2 Å². The van der Waals surface area contributed by atoms with Crippen LogP contribution in [-0.4, -0.2) is 15.3 Å². The van der Waals surface area contributed by atoms with Crippen molar-refractivity contribution in [2.24, 2.45) is 7.05 Å². The van der Waals surface area contributed by atoms with Crippen LogP contribution in [0.25, 0.3) is 16.6 Å². The van der Waals surface area contributed by atoms with Gasteiger partial charge in [0.2, 0.25) is 0 Å². The van der Waals surface area contributed by atoms with Crippen molar-refractivity contribution in [2.45, 2.75) is 13.8 Å². The summed E-state index contributed by atoms with van der Waals surface area (Å²) in [6, 6.07) is 10.2. The van der Waals surface area contributed by atoms with Crippen LogP contribution < -0.4 is 0 Å². The van der Waals surface area contributed by atoms with Crippen LogP contribution in [0.4, 0.5) is 4.39 Å². The Morgan fingerprint density at radius 3 is 2.73 bits per heavy atom. The van der Waals surface area contributed by atoms with Crippen molar-refractivity contribution in [3.8, 4) is 16.6 Å². The molecule has 0 aliphatic carbocycles. The van der Waals surface area contributed by atoms with E-state index in [4.69, 9.17) is 5.26 Å². The molecule has 0 bridgehead atoms. The second kappa shape index (κ2) is 7.06. The molecule has 130 valence electrons. The second-order valence-corrected chi connectivity index (χ2v) is 6.85. The van der Waals surface area contributed by atoms with Gasteiger partial charge in [0.15, 0.2) is 5.78 Å². The van der Waals surface area contributed by atoms with E-state index in [2.05, 4.69) is 11.1 Å². The summed E-state index contributed by atoms with van der Waals surface area (Å²) in [5.74, 6) is -0.552. The Bertz CT molecular complexity index is 1070. The average Bonchev–Trinajstić information content (AvgIpc) is 3.14. The van der Waals surface area contributed by atoms with E-state index >= 15 is 0 Å². The summed E-state index contributed by atoms with van der Waals surface area (Å²) >= 11 is 1.18. The van der Waals surface area contributed by atoms with Gasteiger partial charge in [-0.3, -0.25) is 4.79 Å². The number of aryl methyl sites for hydroxylation is 1. The second-order valence-electron chi connectivity index (χ2n) is 5.85. The van der Waals surface area contributed by atoms with Gasteiger partial charge in [0, 0.05) is 18.3 Å². The molecule has 0 saturated heterocycles. The molecule has 0 radical (unpaired) electrons.